The van der Waals surface area contributed by atoms with E-state index in [1.165, 1.54) is 5.56 Å². The molecule has 2 aromatic carbocycles. The molecule has 0 saturated carbocycles. The molecule has 0 bridgehead atoms. The SMILES string of the molecule is N#Cc1ccc(Oc2ccc(CCN)cc2)c(Br)c1. The van der Waals surface area contributed by atoms with Crippen LogP contribution < -0.4 is 10.5 Å². The Morgan fingerprint density at radius 2 is 1.89 bits per heavy atom. The summed E-state index contributed by atoms with van der Waals surface area (Å²) in [7, 11) is 0. The minimum absolute atomic E-state index is 0.595. The lowest BCUT2D eigenvalue weighted by molar-refractivity contribution is 0.479. The molecular weight excluding hydrogens is 304 g/mol. The van der Waals surface area contributed by atoms with Crippen molar-refractivity contribution in [3.05, 3.63) is 58.1 Å². The Hall–Kier alpha value is -1.83. The van der Waals surface area contributed by atoms with Gasteiger partial charge in [0.15, 0.2) is 0 Å². The predicted octanol–water partition coefficient (Wildman–Crippen LogP) is 3.61. The van der Waals surface area contributed by atoms with Crippen molar-refractivity contribution < 1.29 is 4.74 Å². The van der Waals surface area contributed by atoms with Crippen LogP contribution in [0, 0.1) is 11.3 Å². The smallest absolute Gasteiger partial charge is 0.141 e. The van der Waals surface area contributed by atoms with Crippen LogP contribution in [0.2, 0.25) is 0 Å². The highest BCUT2D eigenvalue weighted by atomic mass is 79.9. The Balaban J connectivity index is 2.15. The van der Waals surface area contributed by atoms with Crippen molar-refractivity contribution in [1.82, 2.24) is 0 Å². The first-order chi connectivity index (χ1) is 9.22. The fourth-order valence-electron chi connectivity index (χ4n) is 1.67. The van der Waals surface area contributed by atoms with Crippen LogP contribution in [-0.4, -0.2) is 6.54 Å². The minimum atomic E-state index is 0.595. The number of hydrogen-bond donors (Lipinski definition) is 1. The molecule has 2 N–H and O–H groups in total. The van der Waals surface area contributed by atoms with E-state index in [1.807, 2.05) is 24.3 Å². The largest absolute Gasteiger partial charge is 0.456 e. The maximum atomic E-state index is 8.80. The number of benzene rings is 2. The monoisotopic (exact) mass is 316 g/mol. The van der Waals surface area contributed by atoms with Gasteiger partial charge in [-0.3, -0.25) is 0 Å². The predicted molar refractivity (Wildman–Crippen MR) is 78.1 cm³/mol. The summed E-state index contributed by atoms with van der Waals surface area (Å²) in [5.74, 6) is 1.44. The summed E-state index contributed by atoms with van der Waals surface area (Å²) in [6, 6.07) is 15.1. The van der Waals surface area contributed by atoms with Gasteiger partial charge in [-0.05, 0) is 64.8 Å². The molecule has 96 valence electrons. The summed E-state index contributed by atoms with van der Waals surface area (Å²) in [6.07, 6.45) is 0.862. The third kappa shape index (κ3) is 3.57. The van der Waals surface area contributed by atoms with Gasteiger partial charge in [-0.2, -0.15) is 5.26 Å². The number of nitrogens with zero attached hydrogens (tertiary/aromatic N) is 1. The summed E-state index contributed by atoms with van der Waals surface area (Å²) in [4.78, 5) is 0. The summed E-state index contributed by atoms with van der Waals surface area (Å²) >= 11 is 3.39. The summed E-state index contributed by atoms with van der Waals surface area (Å²) in [5.41, 5.74) is 7.29. The van der Waals surface area contributed by atoms with E-state index in [0.717, 1.165) is 16.6 Å². The quantitative estimate of drug-likeness (QED) is 0.937. The first-order valence-corrected chi connectivity index (χ1v) is 6.69. The number of rotatable bonds is 4. The number of nitriles is 1. The molecule has 0 amide bonds. The Kier molecular flexibility index (Phi) is 4.56. The van der Waals surface area contributed by atoms with Crippen molar-refractivity contribution in [2.24, 2.45) is 5.73 Å². The van der Waals surface area contributed by atoms with Gasteiger partial charge in [-0.1, -0.05) is 12.1 Å². The second-order valence-corrected chi connectivity index (χ2v) is 4.90. The molecule has 0 radical (unpaired) electrons. The lowest BCUT2D eigenvalue weighted by atomic mass is 10.1. The van der Waals surface area contributed by atoms with Crippen LogP contribution >= 0.6 is 15.9 Å². The van der Waals surface area contributed by atoms with Gasteiger partial charge >= 0.3 is 0 Å². The minimum Gasteiger partial charge on any atom is -0.456 e. The molecule has 2 aromatic rings. The van der Waals surface area contributed by atoms with E-state index in [2.05, 4.69) is 22.0 Å². The highest BCUT2D eigenvalue weighted by Gasteiger charge is 2.04. The lowest BCUT2D eigenvalue weighted by Crippen LogP contribution is -2.02. The van der Waals surface area contributed by atoms with Crippen LogP contribution in [0.5, 0.6) is 11.5 Å². The number of halogens is 1. The number of nitrogens with two attached hydrogens (primary N) is 1. The normalized spacial score (nSPS) is 9.95. The molecule has 0 unspecified atom stereocenters. The Morgan fingerprint density at radius 3 is 2.47 bits per heavy atom. The van der Waals surface area contributed by atoms with Crippen LogP contribution in [0.4, 0.5) is 0 Å². The molecule has 0 aliphatic rings. The maximum absolute atomic E-state index is 8.80. The van der Waals surface area contributed by atoms with Gasteiger partial charge in [0.05, 0.1) is 16.1 Å². The zero-order valence-electron chi connectivity index (χ0n) is 10.3. The highest BCUT2D eigenvalue weighted by molar-refractivity contribution is 9.10. The van der Waals surface area contributed by atoms with Gasteiger partial charge in [-0.25, -0.2) is 0 Å². The van der Waals surface area contributed by atoms with Gasteiger partial charge in [0.1, 0.15) is 11.5 Å². The second kappa shape index (κ2) is 6.37. The molecule has 3 nitrogen and oxygen atoms in total. The molecule has 4 heteroatoms. The molecule has 2 rings (SSSR count). The molecule has 0 saturated heterocycles. The second-order valence-electron chi connectivity index (χ2n) is 4.04. The summed E-state index contributed by atoms with van der Waals surface area (Å²) < 4.78 is 6.52. The molecule has 0 aliphatic heterocycles. The van der Waals surface area contributed by atoms with Crippen molar-refractivity contribution in [1.29, 1.82) is 5.26 Å². The molecule has 0 aromatic heterocycles. The standard InChI is InChI=1S/C15H13BrN2O/c16-14-9-12(10-18)3-6-15(14)19-13-4-1-11(2-5-13)7-8-17/h1-6,9H,7-8,17H2. The van der Waals surface area contributed by atoms with Gasteiger partial charge in [-0.15, -0.1) is 0 Å². The summed E-state index contributed by atoms with van der Waals surface area (Å²) in [6.45, 7) is 0.640. The molecule has 0 aliphatic carbocycles. The lowest BCUT2D eigenvalue weighted by Gasteiger charge is -2.08. The Bertz CT molecular complexity index is 603. The zero-order valence-corrected chi connectivity index (χ0v) is 11.9. The molecular formula is C15H13BrN2O. The third-order valence-corrected chi connectivity index (χ3v) is 3.26. The van der Waals surface area contributed by atoms with Crippen molar-refractivity contribution >= 4 is 15.9 Å². The van der Waals surface area contributed by atoms with Crippen molar-refractivity contribution in [3.8, 4) is 17.6 Å². The van der Waals surface area contributed by atoms with Gasteiger partial charge < -0.3 is 10.5 Å². The van der Waals surface area contributed by atoms with E-state index < -0.39 is 0 Å². The molecule has 0 fully saturated rings. The average Bonchev–Trinajstić information content (AvgIpc) is 2.43. The number of ether oxygens (including phenoxy) is 1. The topological polar surface area (TPSA) is 59.0 Å². The third-order valence-electron chi connectivity index (χ3n) is 2.65. The van der Waals surface area contributed by atoms with Gasteiger partial charge in [0.2, 0.25) is 0 Å². The number of hydrogen-bond acceptors (Lipinski definition) is 3. The zero-order chi connectivity index (χ0) is 13.7. The first-order valence-electron chi connectivity index (χ1n) is 5.89. The van der Waals surface area contributed by atoms with Gasteiger partial charge in [0.25, 0.3) is 0 Å². The van der Waals surface area contributed by atoms with E-state index >= 15 is 0 Å². The van der Waals surface area contributed by atoms with Crippen molar-refractivity contribution in [2.45, 2.75) is 6.42 Å². The Labute approximate surface area is 120 Å². The van der Waals surface area contributed by atoms with Crippen LogP contribution in [-0.2, 0) is 6.42 Å². The van der Waals surface area contributed by atoms with Gasteiger partial charge in [0, 0.05) is 0 Å². The Morgan fingerprint density at radius 1 is 1.16 bits per heavy atom. The highest BCUT2D eigenvalue weighted by Crippen LogP contribution is 2.30. The summed E-state index contributed by atoms with van der Waals surface area (Å²) in [5, 5.41) is 8.80. The van der Waals surface area contributed by atoms with Crippen molar-refractivity contribution in [2.75, 3.05) is 6.54 Å². The first kappa shape index (κ1) is 13.6. The van der Waals surface area contributed by atoms with Crippen LogP contribution in [0.15, 0.2) is 46.9 Å². The maximum Gasteiger partial charge on any atom is 0.141 e. The molecule has 0 atom stereocenters. The van der Waals surface area contributed by atoms with E-state index in [1.54, 1.807) is 18.2 Å². The van der Waals surface area contributed by atoms with Crippen LogP contribution in [0.25, 0.3) is 0 Å². The van der Waals surface area contributed by atoms with E-state index in [4.69, 9.17) is 15.7 Å². The fourth-order valence-corrected chi connectivity index (χ4v) is 2.13. The molecule has 19 heavy (non-hydrogen) atoms. The average molecular weight is 317 g/mol. The molecule has 0 heterocycles. The van der Waals surface area contributed by atoms with E-state index in [9.17, 15) is 0 Å². The van der Waals surface area contributed by atoms with E-state index in [-0.39, 0.29) is 0 Å². The van der Waals surface area contributed by atoms with Crippen molar-refractivity contribution in [3.63, 3.8) is 0 Å². The fraction of sp³-hybridized carbons (Fsp3) is 0.133. The molecule has 0 spiro atoms. The van der Waals surface area contributed by atoms with E-state index in [0.29, 0.717) is 17.9 Å². The van der Waals surface area contributed by atoms with Crippen LogP contribution in [0.3, 0.4) is 0 Å². The van der Waals surface area contributed by atoms with Crippen LogP contribution in [0.1, 0.15) is 11.1 Å².